The molecule has 1 amide bonds. The molecule has 1 N–H and O–H groups in total. The van der Waals surface area contributed by atoms with E-state index in [-0.39, 0.29) is 11.7 Å². The smallest absolute Gasteiger partial charge is 0.407 e. The summed E-state index contributed by atoms with van der Waals surface area (Å²) in [6.45, 7) is 0.576. The summed E-state index contributed by atoms with van der Waals surface area (Å²) in [4.78, 5) is 22.2. The number of carboxylic acid groups (broad SMARTS) is 1. The molecule has 6 nitrogen and oxygen atoms in total. The van der Waals surface area contributed by atoms with Crippen LogP contribution in [0.3, 0.4) is 0 Å². The van der Waals surface area contributed by atoms with Crippen LogP contribution in [0.5, 0.6) is 0 Å². The molecule has 0 spiro atoms. The van der Waals surface area contributed by atoms with Crippen LogP contribution >= 0.6 is 0 Å². The fourth-order valence-corrected chi connectivity index (χ4v) is 1.93. The van der Waals surface area contributed by atoms with Gasteiger partial charge in [0.05, 0.1) is 4.92 Å². The molecule has 1 saturated heterocycles. The Bertz CT molecular complexity index is 443. The van der Waals surface area contributed by atoms with Gasteiger partial charge in [0.25, 0.3) is 5.69 Å². The van der Waals surface area contributed by atoms with Crippen LogP contribution in [0.1, 0.15) is 12.0 Å². The zero-order valence-corrected chi connectivity index (χ0v) is 9.07. The molecular weight excluding hydrogens is 224 g/mol. The first kappa shape index (κ1) is 11.4. The van der Waals surface area contributed by atoms with Crippen molar-refractivity contribution >= 4 is 11.8 Å². The predicted molar refractivity (Wildman–Crippen MR) is 59.9 cm³/mol. The second-order valence-electron chi connectivity index (χ2n) is 4.05. The van der Waals surface area contributed by atoms with Crippen molar-refractivity contribution in [3.63, 3.8) is 0 Å². The van der Waals surface area contributed by atoms with Crippen molar-refractivity contribution in [2.45, 2.75) is 18.9 Å². The fraction of sp³-hybridized carbons (Fsp3) is 0.364. The molecule has 1 atom stereocenters. The van der Waals surface area contributed by atoms with E-state index in [0.717, 1.165) is 12.0 Å². The normalized spacial score (nSPS) is 18.6. The molecular formula is C11H12N2O4. The molecule has 0 aromatic heterocycles. The van der Waals surface area contributed by atoms with Crippen molar-refractivity contribution in [2.24, 2.45) is 0 Å². The highest BCUT2D eigenvalue weighted by atomic mass is 16.6. The summed E-state index contributed by atoms with van der Waals surface area (Å²) in [5.74, 6) is 0. The Labute approximate surface area is 97.6 Å². The number of rotatable bonds is 3. The quantitative estimate of drug-likeness (QED) is 0.641. The SMILES string of the molecule is O=C(O)N1CCC1Cc1ccc([N+](=O)[O-])cc1. The van der Waals surface area contributed by atoms with E-state index in [0.29, 0.717) is 13.0 Å². The first-order valence-electron chi connectivity index (χ1n) is 5.31. The molecule has 0 bridgehead atoms. The highest BCUT2D eigenvalue weighted by molar-refractivity contribution is 5.66. The minimum atomic E-state index is -0.900. The predicted octanol–water partition coefficient (Wildman–Crippen LogP) is 1.89. The molecule has 1 aromatic carbocycles. The Morgan fingerprint density at radius 1 is 1.47 bits per heavy atom. The lowest BCUT2D eigenvalue weighted by atomic mass is 9.96. The topological polar surface area (TPSA) is 83.7 Å². The highest BCUT2D eigenvalue weighted by Crippen LogP contribution is 2.22. The molecule has 6 heteroatoms. The van der Waals surface area contributed by atoms with Gasteiger partial charge < -0.3 is 10.0 Å². The number of non-ortho nitro benzene ring substituents is 1. The Kier molecular flexibility index (Phi) is 2.95. The Balaban J connectivity index is 2.00. The summed E-state index contributed by atoms with van der Waals surface area (Å²) in [6, 6.07) is 6.25. The van der Waals surface area contributed by atoms with Gasteiger partial charge in [0.2, 0.25) is 0 Å². The second-order valence-corrected chi connectivity index (χ2v) is 4.05. The highest BCUT2D eigenvalue weighted by Gasteiger charge is 2.31. The van der Waals surface area contributed by atoms with Crippen molar-refractivity contribution in [3.05, 3.63) is 39.9 Å². The summed E-state index contributed by atoms with van der Waals surface area (Å²) < 4.78 is 0. The Morgan fingerprint density at radius 2 is 2.12 bits per heavy atom. The number of nitrogens with zero attached hydrogens (tertiary/aromatic N) is 2. The molecule has 2 rings (SSSR count). The number of hydrogen-bond donors (Lipinski definition) is 1. The largest absolute Gasteiger partial charge is 0.465 e. The Hall–Kier alpha value is -2.11. The Morgan fingerprint density at radius 3 is 2.53 bits per heavy atom. The molecule has 17 heavy (non-hydrogen) atoms. The molecule has 1 aliphatic heterocycles. The van der Waals surface area contributed by atoms with Gasteiger partial charge in [-0.15, -0.1) is 0 Å². The first-order chi connectivity index (χ1) is 8.08. The van der Waals surface area contributed by atoms with E-state index < -0.39 is 11.0 Å². The van der Waals surface area contributed by atoms with E-state index in [1.165, 1.54) is 17.0 Å². The number of nitro groups is 1. The van der Waals surface area contributed by atoms with Crippen molar-refractivity contribution in [2.75, 3.05) is 6.54 Å². The summed E-state index contributed by atoms with van der Waals surface area (Å²) in [5.41, 5.74) is 0.976. The van der Waals surface area contributed by atoms with Crippen molar-refractivity contribution in [3.8, 4) is 0 Å². The summed E-state index contributed by atoms with van der Waals surface area (Å²) in [5, 5.41) is 19.3. The monoisotopic (exact) mass is 236 g/mol. The number of amides is 1. The van der Waals surface area contributed by atoms with Crippen LogP contribution in [-0.2, 0) is 6.42 Å². The van der Waals surface area contributed by atoms with Gasteiger partial charge >= 0.3 is 6.09 Å². The minimum absolute atomic E-state index is 0.00829. The van der Waals surface area contributed by atoms with Gasteiger partial charge in [-0.2, -0.15) is 0 Å². The fourth-order valence-electron chi connectivity index (χ4n) is 1.93. The molecule has 0 aliphatic carbocycles. The lowest BCUT2D eigenvalue weighted by Gasteiger charge is -2.38. The van der Waals surface area contributed by atoms with E-state index >= 15 is 0 Å². The number of carbonyl (C=O) groups is 1. The van der Waals surface area contributed by atoms with Gasteiger partial charge in [0.15, 0.2) is 0 Å². The third-order valence-electron chi connectivity index (χ3n) is 3.01. The molecule has 0 radical (unpaired) electrons. The standard InChI is InChI=1S/C11H12N2O4/c14-11(15)12-6-5-10(12)7-8-1-3-9(4-2-8)13(16)17/h1-4,10H,5-7H2,(H,14,15). The van der Waals surface area contributed by atoms with Gasteiger partial charge in [0, 0.05) is 24.7 Å². The van der Waals surface area contributed by atoms with Gasteiger partial charge in [-0.1, -0.05) is 12.1 Å². The van der Waals surface area contributed by atoms with Crippen LogP contribution in [0, 0.1) is 10.1 Å². The third kappa shape index (κ3) is 2.35. The zero-order valence-electron chi connectivity index (χ0n) is 9.07. The molecule has 0 saturated carbocycles. The minimum Gasteiger partial charge on any atom is -0.465 e. The number of nitro benzene ring substituents is 1. The van der Waals surface area contributed by atoms with Crippen molar-refractivity contribution < 1.29 is 14.8 Å². The number of hydrogen-bond acceptors (Lipinski definition) is 3. The first-order valence-corrected chi connectivity index (χ1v) is 5.31. The molecule has 1 aliphatic rings. The van der Waals surface area contributed by atoms with Crippen LogP contribution in [-0.4, -0.2) is 33.6 Å². The van der Waals surface area contributed by atoms with Crippen LogP contribution in [0.2, 0.25) is 0 Å². The zero-order chi connectivity index (χ0) is 12.4. The van der Waals surface area contributed by atoms with E-state index in [9.17, 15) is 14.9 Å². The summed E-state index contributed by atoms with van der Waals surface area (Å²) in [7, 11) is 0. The molecule has 1 unspecified atom stereocenters. The average molecular weight is 236 g/mol. The van der Waals surface area contributed by atoms with Gasteiger partial charge in [0.1, 0.15) is 0 Å². The number of likely N-dealkylation sites (tertiary alicyclic amines) is 1. The molecule has 1 aromatic rings. The summed E-state index contributed by atoms with van der Waals surface area (Å²) >= 11 is 0. The maximum atomic E-state index is 10.8. The molecule has 1 heterocycles. The van der Waals surface area contributed by atoms with E-state index in [1.54, 1.807) is 12.1 Å². The van der Waals surface area contributed by atoms with E-state index in [2.05, 4.69) is 0 Å². The van der Waals surface area contributed by atoms with Crippen LogP contribution in [0.4, 0.5) is 10.5 Å². The van der Waals surface area contributed by atoms with Gasteiger partial charge in [-0.05, 0) is 18.4 Å². The summed E-state index contributed by atoms with van der Waals surface area (Å²) in [6.07, 6.45) is 0.566. The lowest BCUT2D eigenvalue weighted by Crippen LogP contribution is -2.51. The van der Waals surface area contributed by atoms with Crippen LogP contribution < -0.4 is 0 Å². The van der Waals surface area contributed by atoms with Gasteiger partial charge in [-0.25, -0.2) is 4.79 Å². The van der Waals surface area contributed by atoms with Crippen molar-refractivity contribution in [1.29, 1.82) is 0 Å². The van der Waals surface area contributed by atoms with Gasteiger partial charge in [-0.3, -0.25) is 10.1 Å². The maximum absolute atomic E-state index is 10.8. The molecule has 1 fully saturated rings. The van der Waals surface area contributed by atoms with Crippen LogP contribution in [0.15, 0.2) is 24.3 Å². The second kappa shape index (κ2) is 4.40. The van der Waals surface area contributed by atoms with Crippen molar-refractivity contribution in [1.82, 2.24) is 4.90 Å². The van der Waals surface area contributed by atoms with E-state index in [1.807, 2.05) is 0 Å². The maximum Gasteiger partial charge on any atom is 0.407 e. The number of benzene rings is 1. The lowest BCUT2D eigenvalue weighted by molar-refractivity contribution is -0.384. The van der Waals surface area contributed by atoms with Crippen LogP contribution in [0.25, 0.3) is 0 Å². The third-order valence-corrected chi connectivity index (χ3v) is 3.01. The average Bonchev–Trinajstić information content (AvgIpc) is 2.24. The molecule has 90 valence electrons. The van der Waals surface area contributed by atoms with E-state index in [4.69, 9.17) is 5.11 Å².